The van der Waals surface area contributed by atoms with Gasteiger partial charge in [-0.25, -0.2) is 4.98 Å². The van der Waals surface area contributed by atoms with Gasteiger partial charge in [-0.15, -0.1) is 0 Å². The summed E-state index contributed by atoms with van der Waals surface area (Å²) in [5.74, 6) is 0. The summed E-state index contributed by atoms with van der Waals surface area (Å²) in [5.41, 5.74) is 0.917. The Balaban J connectivity index is 1.84. The smallest absolute Gasteiger partial charge is 0.0956 e. The molecule has 2 atom stereocenters. The minimum atomic E-state index is -0.411. The molecule has 4 nitrogen and oxygen atoms in total. The minimum absolute atomic E-state index is 0.354. The molecule has 0 radical (unpaired) electrons. The molecule has 0 aliphatic carbocycles. The van der Waals surface area contributed by atoms with Crippen molar-refractivity contribution in [1.82, 2.24) is 9.55 Å². The summed E-state index contributed by atoms with van der Waals surface area (Å²) in [5, 5.41) is 10.1. The quantitative estimate of drug-likeness (QED) is 0.831. The molecule has 1 saturated heterocycles. The SMILES string of the molecule is CCn1cncc1C(O)CCC1CCCO1. The van der Waals surface area contributed by atoms with Gasteiger partial charge in [-0.1, -0.05) is 0 Å². The first-order valence-electron chi connectivity index (χ1n) is 6.11. The summed E-state index contributed by atoms with van der Waals surface area (Å²) in [4.78, 5) is 4.07. The van der Waals surface area contributed by atoms with E-state index in [0.717, 1.165) is 44.5 Å². The van der Waals surface area contributed by atoms with Gasteiger partial charge in [0, 0.05) is 13.2 Å². The third-order valence-corrected chi connectivity index (χ3v) is 3.21. The molecule has 2 unspecified atom stereocenters. The zero-order chi connectivity index (χ0) is 11.4. The Morgan fingerprint density at radius 1 is 1.69 bits per heavy atom. The van der Waals surface area contributed by atoms with E-state index >= 15 is 0 Å². The predicted octanol–water partition coefficient (Wildman–Crippen LogP) is 1.90. The van der Waals surface area contributed by atoms with Crippen LogP contribution in [-0.4, -0.2) is 27.4 Å². The summed E-state index contributed by atoms with van der Waals surface area (Å²) < 4.78 is 7.53. The summed E-state index contributed by atoms with van der Waals surface area (Å²) >= 11 is 0. The van der Waals surface area contributed by atoms with E-state index in [2.05, 4.69) is 11.9 Å². The van der Waals surface area contributed by atoms with Crippen LogP contribution in [0.4, 0.5) is 0 Å². The summed E-state index contributed by atoms with van der Waals surface area (Å²) in [6.07, 6.45) is 7.47. The van der Waals surface area contributed by atoms with Gasteiger partial charge in [0.1, 0.15) is 0 Å². The maximum absolute atomic E-state index is 10.1. The largest absolute Gasteiger partial charge is 0.387 e. The highest BCUT2D eigenvalue weighted by Crippen LogP contribution is 2.23. The molecule has 0 spiro atoms. The molecule has 1 N–H and O–H groups in total. The highest BCUT2D eigenvalue weighted by Gasteiger charge is 2.19. The number of nitrogens with zero attached hydrogens (tertiary/aromatic N) is 2. The maximum atomic E-state index is 10.1. The molecule has 1 aliphatic heterocycles. The molecule has 2 rings (SSSR count). The van der Waals surface area contributed by atoms with E-state index in [1.165, 1.54) is 0 Å². The van der Waals surface area contributed by atoms with E-state index < -0.39 is 6.10 Å². The lowest BCUT2D eigenvalue weighted by molar-refractivity contribution is 0.0792. The van der Waals surface area contributed by atoms with Crippen LogP contribution in [0, 0.1) is 0 Å². The minimum Gasteiger partial charge on any atom is -0.387 e. The van der Waals surface area contributed by atoms with Gasteiger partial charge in [0.05, 0.1) is 30.4 Å². The lowest BCUT2D eigenvalue weighted by Crippen LogP contribution is -2.10. The van der Waals surface area contributed by atoms with E-state index in [4.69, 9.17) is 4.74 Å². The molecule has 16 heavy (non-hydrogen) atoms. The molecule has 0 saturated carbocycles. The Morgan fingerprint density at radius 3 is 3.25 bits per heavy atom. The topological polar surface area (TPSA) is 47.3 Å². The van der Waals surface area contributed by atoms with Crippen molar-refractivity contribution in [3.8, 4) is 0 Å². The normalized spacial score (nSPS) is 22.5. The van der Waals surface area contributed by atoms with Gasteiger partial charge >= 0.3 is 0 Å². The van der Waals surface area contributed by atoms with Gasteiger partial charge < -0.3 is 14.4 Å². The van der Waals surface area contributed by atoms with Crippen LogP contribution in [0.1, 0.15) is 44.4 Å². The summed E-state index contributed by atoms with van der Waals surface area (Å²) in [7, 11) is 0. The molecule has 1 fully saturated rings. The third kappa shape index (κ3) is 2.62. The zero-order valence-electron chi connectivity index (χ0n) is 9.80. The molecule has 90 valence electrons. The fourth-order valence-electron chi connectivity index (χ4n) is 2.24. The first-order chi connectivity index (χ1) is 7.81. The molecular weight excluding hydrogens is 204 g/mol. The standard InChI is InChI=1S/C12H20N2O2/c1-2-14-9-13-8-11(14)12(15)6-5-10-4-3-7-16-10/h8-10,12,15H,2-7H2,1H3. The average molecular weight is 224 g/mol. The Bertz CT molecular complexity index is 319. The third-order valence-electron chi connectivity index (χ3n) is 3.21. The Hall–Kier alpha value is -0.870. The molecule has 0 aromatic carbocycles. The number of aromatic nitrogens is 2. The van der Waals surface area contributed by atoms with E-state index in [1.54, 1.807) is 12.5 Å². The molecule has 1 aromatic heterocycles. The van der Waals surface area contributed by atoms with E-state index in [9.17, 15) is 5.11 Å². The number of aryl methyl sites for hydroxylation is 1. The van der Waals surface area contributed by atoms with Crippen molar-refractivity contribution in [1.29, 1.82) is 0 Å². The number of hydrogen-bond donors (Lipinski definition) is 1. The lowest BCUT2D eigenvalue weighted by Gasteiger charge is -2.15. The Labute approximate surface area is 96.3 Å². The van der Waals surface area contributed by atoms with E-state index in [-0.39, 0.29) is 0 Å². The number of aliphatic hydroxyl groups excluding tert-OH is 1. The first kappa shape index (κ1) is 11.6. The van der Waals surface area contributed by atoms with Crippen LogP contribution >= 0.6 is 0 Å². The number of rotatable bonds is 5. The van der Waals surface area contributed by atoms with Gasteiger partial charge in [0.15, 0.2) is 0 Å². The fourth-order valence-corrected chi connectivity index (χ4v) is 2.24. The number of ether oxygens (including phenoxy) is 1. The molecule has 0 amide bonds. The van der Waals surface area contributed by atoms with Gasteiger partial charge in [0.25, 0.3) is 0 Å². The van der Waals surface area contributed by atoms with Crippen molar-refractivity contribution in [2.45, 2.75) is 51.4 Å². The zero-order valence-corrected chi connectivity index (χ0v) is 9.80. The van der Waals surface area contributed by atoms with Crippen molar-refractivity contribution >= 4 is 0 Å². The van der Waals surface area contributed by atoms with Crippen LogP contribution in [-0.2, 0) is 11.3 Å². The van der Waals surface area contributed by atoms with Gasteiger partial charge in [-0.05, 0) is 32.6 Å². The van der Waals surface area contributed by atoms with Crippen molar-refractivity contribution in [2.24, 2.45) is 0 Å². The van der Waals surface area contributed by atoms with Gasteiger partial charge in [-0.2, -0.15) is 0 Å². The lowest BCUT2D eigenvalue weighted by atomic mass is 10.1. The van der Waals surface area contributed by atoms with Crippen molar-refractivity contribution in [3.63, 3.8) is 0 Å². The molecule has 1 aromatic rings. The fraction of sp³-hybridized carbons (Fsp3) is 0.750. The highest BCUT2D eigenvalue weighted by atomic mass is 16.5. The Kier molecular flexibility index (Phi) is 3.96. The maximum Gasteiger partial charge on any atom is 0.0956 e. The second-order valence-electron chi connectivity index (χ2n) is 4.33. The molecular formula is C12H20N2O2. The van der Waals surface area contributed by atoms with Gasteiger partial charge in [0.2, 0.25) is 0 Å². The van der Waals surface area contributed by atoms with Crippen LogP contribution in [0.5, 0.6) is 0 Å². The molecule has 4 heteroatoms. The van der Waals surface area contributed by atoms with Crippen LogP contribution < -0.4 is 0 Å². The van der Waals surface area contributed by atoms with Crippen molar-refractivity contribution in [2.75, 3.05) is 6.61 Å². The highest BCUT2D eigenvalue weighted by molar-refractivity contribution is 5.02. The number of hydrogen-bond acceptors (Lipinski definition) is 3. The van der Waals surface area contributed by atoms with E-state index in [1.807, 2.05) is 4.57 Å². The van der Waals surface area contributed by atoms with Crippen LogP contribution in [0.15, 0.2) is 12.5 Å². The number of imidazole rings is 1. The van der Waals surface area contributed by atoms with Crippen LogP contribution in [0.3, 0.4) is 0 Å². The molecule has 2 heterocycles. The Morgan fingerprint density at radius 2 is 2.56 bits per heavy atom. The number of aliphatic hydroxyl groups is 1. The predicted molar refractivity (Wildman–Crippen MR) is 61.1 cm³/mol. The first-order valence-corrected chi connectivity index (χ1v) is 6.11. The van der Waals surface area contributed by atoms with E-state index in [0.29, 0.717) is 6.10 Å². The van der Waals surface area contributed by atoms with Crippen LogP contribution in [0.2, 0.25) is 0 Å². The van der Waals surface area contributed by atoms with Crippen molar-refractivity contribution < 1.29 is 9.84 Å². The monoisotopic (exact) mass is 224 g/mol. The molecule has 1 aliphatic rings. The summed E-state index contributed by atoms with van der Waals surface area (Å²) in [6.45, 7) is 3.79. The second-order valence-corrected chi connectivity index (χ2v) is 4.33. The van der Waals surface area contributed by atoms with Gasteiger partial charge in [-0.3, -0.25) is 0 Å². The second kappa shape index (κ2) is 5.46. The van der Waals surface area contributed by atoms with Crippen LogP contribution in [0.25, 0.3) is 0 Å². The summed E-state index contributed by atoms with van der Waals surface area (Å²) in [6, 6.07) is 0. The average Bonchev–Trinajstić information content (AvgIpc) is 2.96. The van der Waals surface area contributed by atoms with Crippen molar-refractivity contribution in [3.05, 3.63) is 18.2 Å². The molecule has 0 bridgehead atoms.